The van der Waals surface area contributed by atoms with Crippen LogP contribution in [0, 0.1) is 11.6 Å². The number of nitrogens with one attached hydrogen (secondary N) is 2. The molecule has 134 valence electrons. The third-order valence-corrected chi connectivity index (χ3v) is 5.28. The van der Waals surface area contributed by atoms with E-state index in [0.29, 0.717) is 12.6 Å². The topological polar surface area (TPSA) is 61.0 Å². The van der Waals surface area contributed by atoms with Crippen molar-refractivity contribution in [2.45, 2.75) is 12.5 Å². The van der Waals surface area contributed by atoms with Gasteiger partial charge in [-0.1, -0.05) is 6.07 Å². The lowest BCUT2D eigenvalue weighted by Crippen LogP contribution is -2.37. The number of hydrogen-bond donors (Lipinski definition) is 2. The summed E-state index contributed by atoms with van der Waals surface area (Å²) in [5.74, 6) is -1.27. The fourth-order valence-corrected chi connectivity index (χ4v) is 3.75. The van der Waals surface area contributed by atoms with Crippen LogP contribution in [0.5, 0.6) is 0 Å². The molecule has 8 heteroatoms. The minimum Gasteiger partial charge on any atom is -0.353 e. The highest BCUT2D eigenvalue weighted by molar-refractivity contribution is 7.13. The molecule has 0 saturated carbocycles. The molecule has 0 bridgehead atoms. The van der Waals surface area contributed by atoms with Gasteiger partial charge in [-0.3, -0.25) is 9.89 Å². The van der Waals surface area contributed by atoms with E-state index in [1.54, 1.807) is 11.3 Å². The molecule has 1 unspecified atom stereocenters. The van der Waals surface area contributed by atoms with Gasteiger partial charge in [0.2, 0.25) is 0 Å². The summed E-state index contributed by atoms with van der Waals surface area (Å²) in [5, 5.41) is 12.2. The van der Waals surface area contributed by atoms with Gasteiger partial charge in [0.1, 0.15) is 11.6 Å². The third kappa shape index (κ3) is 3.32. The van der Waals surface area contributed by atoms with Gasteiger partial charge in [0.25, 0.3) is 5.91 Å². The molecule has 1 fully saturated rings. The zero-order valence-electron chi connectivity index (χ0n) is 13.7. The molecule has 2 aromatic heterocycles. The Labute approximate surface area is 152 Å². The lowest BCUT2D eigenvalue weighted by atomic mass is 10.1. The number of halogens is 2. The van der Waals surface area contributed by atoms with E-state index in [1.807, 2.05) is 23.6 Å². The molecule has 5 nitrogen and oxygen atoms in total. The van der Waals surface area contributed by atoms with Crippen LogP contribution in [0.15, 0.2) is 41.8 Å². The van der Waals surface area contributed by atoms with Gasteiger partial charge < -0.3 is 10.2 Å². The molecule has 0 radical (unpaired) electrons. The maximum atomic E-state index is 13.7. The Morgan fingerprint density at radius 3 is 2.96 bits per heavy atom. The van der Waals surface area contributed by atoms with Crippen molar-refractivity contribution < 1.29 is 13.6 Å². The molecular formula is C18H16F2N4OS. The third-order valence-electron chi connectivity index (χ3n) is 4.37. The van der Waals surface area contributed by atoms with Crippen molar-refractivity contribution in [3.63, 3.8) is 0 Å². The van der Waals surface area contributed by atoms with E-state index in [-0.39, 0.29) is 11.6 Å². The van der Waals surface area contributed by atoms with Gasteiger partial charge >= 0.3 is 0 Å². The molecule has 1 aliphatic rings. The summed E-state index contributed by atoms with van der Waals surface area (Å²) < 4.78 is 26.7. The highest BCUT2D eigenvalue weighted by Gasteiger charge is 2.26. The molecule has 26 heavy (non-hydrogen) atoms. The number of H-pyrrole nitrogens is 1. The van der Waals surface area contributed by atoms with Crippen LogP contribution in [0.1, 0.15) is 16.8 Å². The summed E-state index contributed by atoms with van der Waals surface area (Å²) in [5.41, 5.74) is 0.806. The Kier molecular flexibility index (Phi) is 4.42. The minimum atomic E-state index is -0.856. The number of anilines is 1. The normalized spacial score (nSPS) is 16.8. The first-order chi connectivity index (χ1) is 12.6. The monoisotopic (exact) mass is 374 g/mol. The van der Waals surface area contributed by atoms with Crippen LogP contribution in [-0.2, 0) is 0 Å². The molecule has 0 aliphatic carbocycles. The van der Waals surface area contributed by atoms with E-state index in [1.165, 1.54) is 0 Å². The number of thiophene rings is 1. The standard InChI is InChI=1S/C18H16F2N4OS/c19-11-3-4-13(14(20)8-11)18(25)21-12-5-6-24(10-12)17-9-15(22-23-17)16-2-1-7-26-16/h1-4,7-9,12H,5-6,10H2,(H,21,25)(H,22,23). The van der Waals surface area contributed by atoms with Gasteiger partial charge in [0.15, 0.2) is 5.82 Å². The average molecular weight is 374 g/mol. The molecule has 4 rings (SSSR count). The van der Waals surface area contributed by atoms with Crippen LogP contribution in [0.25, 0.3) is 10.6 Å². The van der Waals surface area contributed by atoms with E-state index in [0.717, 1.165) is 41.5 Å². The summed E-state index contributed by atoms with van der Waals surface area (Å²) in [6.45, 7) is 1.33. The van der Waals surface area contributed by atoms with Crippen LogP contribution >= 0.6 is 11.3 Å². The van der Waals surface area contributed by atoms with Gasteiger partial charge in [-0.25, -0.2) is 8.78 Å². The molecule has 3 heterocycles. The molecule has 1 atom stereocenters. The highest BCUT2D eigenvalue weighted by Crippen LogP contribution is 2.27. The molecule has 2 N–H and O–H groups in total. The first kappa shape index (κ1) is 16.7. The average Bonchev–Trinajstić information content (AvgIpc) is 3.35. The van der Waals surface area contributed by atoms with Crippen molar-refractivity contribution in [2.24, 2.45) is 0 Å². The first-order valence-electron chi connectivity index (χ1n) is 8.20. The zero-order valence-corrected chi connectivity index (χ0v) is 14.5. The summed E-state index contributed by atoms with van der Waals surface area (Å²) in [7, 11) is 0. The van der Waals surface area contributed by atoms with E-state index in [4.69, 9.17) is 0 Å². The van der Waals surface area contributed by atoms with Crippen molar-refractivity contribution in [1.29, 1.82) is 0 Å². The second-order valence-electron chi connectivity index (χ2n) is 6.15. The molecule has 1 saturated heterocycles. The summed E-state index contributed by atoms with van der Waals surface area (Å²) in [4.78, 5) is 15.4. The number of aromatic amines is 1. The predicted molar refractivity (Wildman–Crippen MR) is 96.3 cm³/mol. The van der Waals surface area contributed by atoms with Gasteiger partial charge in [0, 0.05) is 31.3 Å². The number of hydrogen-bond acceptors (Lipinski definition) is 4. The second kappa shape index (κ2) is 6.87. The Hall–Kier alpha value is -2.74. The fraction of sp³-hybridized carbons (Fsp3) is 0.222. The van der Waals surface area contributed by atoms with Crippen LogP contribution in [0.2, 0.25) is 0 Å². The minimum absolute atomic E-state index is 0.117. The maximum Gasteiger partial charge on any atom is 0.254 e. The number of carbonyl (C=O) groups excluding carboxylic acids is 1. The quantitative estimate of drug-likeness (QED) is 0.736. The number of benzene rings is 1. The van der Waals surface area contributed by atoms with Crippen LogP contribution in [0.4, 0.5) is 14.6 Å². The predicted octanol–water partition coefficient (Wildman–Crippen LogP) is 3.43. The van der Waals surface area contributed by atoms with Crippen molar-refractivity contribution in [3.8, 4) is 10.6 Å². The summed E-state index contributed by atoms with van der Waals surface area (Å²) in [6.07, 6.45) is 0.732. The molecular weight excluding hydrogens is 358 g/mol. The fourth-order valence-electron chi connectivity index (χ4n) is 3.05. The number of carbonyl (C=O) groups is 1. The highest BCUT2D eigenvalue weighted by atomic mass is 32.1. The van der Waals surface area contributed by atoms with E-state index in [9.17, 15) is 13.6 Å². The molecule has 3 aromatic rings. The van der Waals surface area contributed by atoms with Crippen molar-refractivity contribution in [3.05, 3.63) is 59.0 Å². The summed E-state index contributed by atoms with van der Waals surface area (Å²) >= 11 is 1.63. The lowest BCUT2D eigenvalue weighted by Gasteiger charge is -2.16. The van der Waals surface area contributed by atoms with Crippen molar-refractivity contribution >= 4 is 23.1 Å². The van der Waals surface area contributed by atoms with E-state index in [2.05, 4.69) is 20.4 Å². The van der Waals surface area contributed by atoms with E-state index >= 15 is 0 Å². The number of rotatable bonds is 4. The molecule has 0 spiro atoms. The van der Waals surface area contributed by atoms with Gasteiger partial charge in [-0.05, 0) is 30.0 Å². The SMILES string of the molecule is O=C(NC1CCN(c2cc(-c3cccs3)[nH]n2)C1)c1ccc(F)cc1F. The number of amides is 1. The summed E-state index contributed by atoms with van der Waals surface area (Å²) in [6, 6.07) is 8.82. The Morgan fingerprint density at radius 1 is 1.31 bits per heavy atom. The van der Waals surface area contributed by atoms with Crippen LogP contribution < -0.4 is 10.2 Å². The van der Waals surface area contributed by atoms with Gasteiger partial charge in [0.05, 0.1) is 16.1 Å². The lowest BCUT2D eigenvalue weighted by molar-refractivity contribution is 0.0936. The smallest absolute Gasteiger partial charge is 0.254 e. The number of nitrogens with zero attached hydrogens (tertiary/aromatic N) is 2. The van der Waals surface area contributed by atoms with E-state index < -0.39 is 17.5 Å². The Bertz CT molecular complexity index is 925. The van der Waals surface area contributed by atoms with Crippen molar-refractivity contribution in [2.75, 3.05) is 18.0 Å². The Balaban J connectivity index is 1.40. The zero-order chi connectivity index (χ0) is 18.1. The van der Waals surface area contributed by atoms with Crippen LogP contribution in [0.3, 0.4) is 0 Å². The molecule has 1 aliphatic heterocycles. The molecule has 1 amide bonds. The number of aromatic nitrogens is 2. The van der Waals surface area contributed by atoms with Gasteiger partial charge in [-0.2, -0.15) is 5.10 Å². The largest absolute Gasteiger partial charge is 0.353 e. The Morgan fingerprint density at radius 2 is 2.19 bits per heavy atom. The maximum absolute atomic E-state index is 13.7. The first-order valence-corrected chi connectivity index (χ1v) is 9.08. The van der Waals surface area contributed by atoms with Crippen LogP contribution in [-0.4, -0.2) is 35.2 Å². The van der Waals surface area contributed by atoms with Crippen molar-refractivity contribution in [1.82, 2.24) is 15.5 Å². The second-order valence-corrected chi connectivity index (χ2v) is 7.09. The van der Waals surface area contributed by atoms with Gasteiger partial charge in [-0.15, -0.1) is 11.3 Å². The molecule has 1 aromatic carbocycles.